The molecular formula is C20H27N3O5S2. The summed E-state index contributed by atoms with van der Waals surface area (Å²) in [5, 5.41) is 5.59. The van der Waals surface area contributed by atoms with Crippen molar-refractivity contribution in [3.05, 3.63) is 48.0 Å². The highest BCUT2D eigenvalue weighted by Crippen LogP contribution is 2.23. The van der Waals surface area contributed by atoms with Gasteiger partial charge in [-0.2, -0.15) is 4.31 Å². The summed E-state index contributed by atoms with van der Waals surface area (Å²) in [6.07, 6.45) is 1.11. The molecule has 0 aliphatic carbocycles. The summed E-state index contributed by atoms with van der Waals surface area (Å²) in [6.45, 7) is 5.90. The number of aryl methyl sites for hydroxylation is 1. The number of carbonyl (C=O) groups is 1. The minimum Gasteiger partial charge on any atom is -0.376 e. The highest BCUT2D eigenvalue weighted by molar-refractivity contribution is 7.90. The maximum atomic E-state index is 12.7. The number of amides is 1. The van der Waals surface area contributed by atoms with E-state index in [1.807, 2.05) is 0 Å². The normalized spacial score (nSPS) is 12.0. The fourth-order valence-electron chi connectivity index (χ4n) is 2.82. The Morgan fingerprint density at radius 3 is 2.23 bits per heavy atom. The smallest absolute Gasteiger partial charge is 0.243 e. The third kappa shape index (κ3) is 5.80. The van der Waals surface area contributed by atoms with Crippen molar-refractivity contribution in [2.75, 3.05) is 36.5 Å². The van der Waals surface area contributed by atoms with Crippen LogP contribution in [0.1, 0.15) is 19.4 Å². The molecule has 164 valence electrons. The zero-order valence-electron chi connectivity index (χ0n) is 17.5. The molecule has 8 nitrogen and oxygen atoms in total. The van der Waals surface area contributed by atoms with Crippen LogP contribution in [0.4, 0.5) is 11.4 Å². The molecule has 0 bridgehead atoms. The molecule has 0 aliphatic heterocycles. The van der Waals surface area contributed by atoms with Crippen LogP contribution in [-0.2, 0) is 24.7 Å². The Balaban J connectivity index is 2.14. The Morgan fingerprint density at radius 2 is 1.63 bits per heavy atom. The number of hydrogen-bond donors (Lipinski definition) is 2. The van der Waals surface area contributed by atoms with E-state index in [9.17, 15) is 21.6 Å². The molecule has 1 amide bonds. The number of benzene rings is 2. The minimum absolute atomic E-state index is 0.111. The number of nitrogens with zero attached hydrogens (tertiary/aromatic N) is 1. The molecule has 0 unspecified atom stereocenters. The van der Waals surface area contributed by atoms with Gasteiger partial charge in [0.2, 0.25) is 15.9 Å². The molecule has 0 aromatic heterocycles. The van der Waals surface area contributed by atoms with Crippen LogP contribution in [0.2, 0.25) is 0 Å². The highest BCUT2D eigenvalue weighted by atomic mass is 32.2. The van der Waals surface area contributed by atoms with Crippen molar-refractivity contribution in [1.82, 2.24) is 4.31 Å². The first-order chi connectivity index (χ1) is 14.0. The predicted molar refractivity (Wildman–Crippen MR) is 118 cm³/mol. The van der Waals surface area contributed by atoms with Crippen molar-refractivity contribution in [2.45, 2.75) is 30.6 Å². The van der Waals surface area contributed by atoms with Crippen LogP contribution in [0.3, 0.4) is 0 Å². The predicted octanol–water partition coefficient (Wildman–Crippen LogP) is 2.48. The number of rotatable bonds is 9. The summed E-state index contributed by atoms with van der Waals surface area (Å²) in [6, 6.07) is 10.8. The second-order valence-corrected chi connectivity index (χ2v) is 10.7. The van der Waals surface area contributed by atoms with Crippen LogP contribution < -0.4 is 10.6 Å². The van der Waals surface area contributed by atoms with Crippen molar-refractivity contribution in [3.63, 3.8) is 0 Å². The zero-order valence-corrected chi connectivity index (χ0v) is 19.1. The maximum absolute atomic E-state index is 12.7. The molecule has 2 aromatic rings. The van der Waals surface area contributed by atoms with Gasteiger partial charge >= 0.3 is 0 Å². The molecular weight excluding hydrogens is 426 g/mol. The lowest BCUT2D eigenvalue weighted by molar-refractivity contribution is -0.114. The molecule has 0 atom stereocenters. The summed E-state index contributed by atoms with van der Waals surface area (Å²) < 4.78 is 50.1. The van der Waals surface area contributed by atoms with Crippen LogP contribution in [-0.4, -0.2) is 52.9 Å². The number of carbonyl (C=O) groups excluding carboxylic acids is 1. The fraction of sp³-hybridized carbons (Fsp3) is 0.350. The van der Waals surface area contributed by atoms with Gasteiger partial charge in [-0.15, -0.1) is 0 Å². The standard InChI is InChI=1S/C20H27N3O5S2/c1-5-23(6-2)30(27,28)18-11-10-15(3)19(13-18)22-20(24)14-21-16-8-7-9-17(12-16)29(4,25)26/h7-13,21H,5-6,14H2,1-4H3,(H,22,24). The van der Waals surface area contributed by atoms with Gasteiger partial charge in [0.25, 0.3) is 0 Å². The number of anilines is 2. The molecule has 0 saturated carbocycles. The van der Waals surface area contributed by atoms with Gasteiger partial charge in [0.15, 0.2) is 9.84 Å². The zero-order chi connectivity index (χ0) is 22.5. The van der Waals surface area contributed by atoms with Crippen LogP contribution in [0.25, 0.3) is 0 Å². The lowest BCUT2D eigenvalue weighted by Gasteiger charge is -2.19. The Hall–Kier alpha value is -2.43. The van der Waals surface area contributed by atoms with Gasteiger partial charge in [-0.05, 0) is 42.8 Å². The summed E-state index contributed by atoms with van der Waals surface area (Å²) >= 11 is 0. The van der Waals surface area contributed by atoms with E-state index < -0.39 is 19.9 Å². The van der Waals surface area contributed by atoms with Crippen LogP contribution >= 0.6 is 0 Å². The summed E-state index contributed by atoms with van der Waals surface area (Å²) in [7, 11) is -6.99. The topological polar surface area (TPSA) is 113 Å². The van der Waals surface area contributed by atoms with Crippen LogP contribution in [0, 0.1) is 6.92 Å². The SMILES string of the molecule is CCN(CC)S(=O)(=O)c1ccc(C)c(NC(=O)CNc2cccc(S(C)(=O)=O)c2)c1. The van der Waals surface area contributed by atoms with Crippen molar-refractivity contribution in [2.24, 2.45) is 0 Å². The van der Waals surface area contributed by atoms with Gasteiger partial charge in [-0.1, -0.05) is 26.0 Å². The third-order valence-electron chi connectivity index (χ3n) is 4.54. The Labute approximate surface area is 178 Å². The van der Waals surface area contributed by atoms with Gasteiger partial charge < -0.3 is 10.6 Å². The van der Waals surface area contributed by atoms with Crippen molar-refractivity contribution in [3.8, 4) is 0 Å². The molecule has 0 heterocycles. The molecule has 30 heavy (non-hydrogen) atoms. The molecule has 0 fully saturated rings. The molecule has 0 aliphatic rings. The van der Waals surface area contributed by atoms with Crippen molar-refractivity contribution >= 4 is 37.1 Å². The second kappa shape index (κ2) is 9.59. The van der Waals surface area contributed by atoms with E-state index in [2.05, 4.69) is 10.6 Å². The van der Waals surface area contributed by atoms with Gasteiger partial charge in [0.1, 0.15) is 0 Å². The monoisotopic (exact) mass is 453 g/mol. The summed E-state index contributed by atoms with van der Waals surface area (Å²) in [5.41, 5.74) is 1.61. The maximum Gasteiger partial charge on any atom is 0.243 e. The van der Waals surface area contributed by atoms with Crippen LogP contribution in [0.15, 0.2) is 52.3 Å². The molecule has 0 spiro atoms. The quantitative estimate of drug-likeness (QED) is 0.603. The molecule has 0 saturated heterocycles. The van der Waals surface area contributed by atoms with Gasteiger partial charge in [-0.3, -0.25) is 4.79 Å². The summed E-state index contributed by atoms with van der Waals surface area (Å²) in [5.74, 6) is -0.389. The third-order valence-corrected chi connectivity index (χ3v) is 7.70. The Morgan fingerprint density at radius 1 is 0.967 bits per heavy atom. The number of hydrogen-bond acceptors (Lipinski definition) is 6. The Kier molecular flexibility index (Phi) is 7.62. The Bertz CT molecular complexity index is 1120. The van der Waals surface area contributed by atoms with E-state index in [1.54, 1.807) is 39.0 Å². The van der Waals surface area contributed by atoms with E-state index in [0.717, 1.165) is 11.8 Å². The lowest BCUT2D eigenvalue weighted by Crippen LogP contribution is -2.30. The van der Waals surface area contributed by atoms with Gasteiger partial charge in [-0.25, -0.2) is 16.8 Å². The second-order valence-electron chi connectivity index (χ2n) is 6.77. The van der Waals surface area contributed by atoms with Gasteiger partial charge in [0.05, 0.1) is 16.3 Å². The lowest BCUT2D eigenvalue weighted by atomic mass is 10.2. The molecule has 0 radical (unpaired) electrons. The number of nitrogens with one attached hydrogen (secondary N) is 2. The van der Waals surface area contributed by atoms with E-state index >= 15 is 0 Å². The first-order valence-electron chi connectivity index (χ1n) is 9.43. The molecule has 2 N–H and O–H groups in total. The average molecular weight is 454 g/mol. The first-order valence-corrected chi connectivity index (χ1v) is 12.8. The largest absolute Gasteiger partial charge is 0.376 e. The number of sulfone groups is 1. The molecule has 2 aromatic carbocycles. The van der Waals surface area contributed by atoms with Crippen molar-refractivity contribution in [1.29, 1.82) is 0 Å². The van der Waals surface area contributed by atoms with E-state index in [4.69, 9.17) is 0 Å². The molecule has 2 rings (SSSR count). The van der Waals surface area contributed by atoms with Gasteiger partial charge in [0, 0.05) is 30.7 Å². The highest BCUT2D eigenvalue weighted by Gasteiger charge is 2.22. The van der Waals surface area contributed by atoms with Crippen molar-refractivity contribution < 1.29 is 21.6 Å². The number of sulfonamides is 1. The van der Waals surface area contributed by atoms with Crippen LogP contribution in [0.5, 0.6) is 0 Å². The van der Waals surface area contributed by atoms with E-state index in [-0.39, 0.29) is 22.2 Å². The van der Waals surface area contributed by atoms with E-state index in [1.165, 1.54) is 28.6 Å². The summed E-state index contributed by atoms with van der Waals surface area (Å²) in [4.78, 5) is 12.6. The average Bonchev–Trinajstić information content (AvgIpc) is 2.68. The first kappa shape index (κ1) is 23.8. The van der Waals surface area contributed by atoms with E-state index in [0.29, 0.717) is 24.5 Å². The molecule has 10 heteroatoms. The fourth-order valence-corrected chi connectivity index (χ4v) is 4.97. The minimum atomic E-state index is -3.64.